The predicted molar refractivity (Wildman–Crippen MR) is 112 cm³/mol. The molecule has 4 heterocycles. The van der Waals surface area contributed by atoms with Gasteiger partial charge in [-0.3, -0.25) is 14.7 Å². The Labute approximate surface area is 176 Å². The molecule has 0 amide bonds. The molecule has 1 aromatic carbocycles. The monoisotopic (exact) mass is 422 g/mol. The molecule has 1 aliphatic rings. The zero-order valence-corrected chi connectivity index (χ0v) is 16.8. The lowest BCUT2D eigenvalue weighted by atomic mass is 9.97. The molecule has 30 heavy (non-hydrogen) atoms. The number of halogens is 1. The van der Waals surface area contributed by atoms with Crippen LogP contribution in [0.3, 0.4) is 0 Å². The second-order valence-electron chi connectivity index (χ2n) is 7.40. The molecule has 1 aliphatic heterocycles. The van der Waals surface area contributed by atoms with Gasteiger partial charge in [-0.05, 0) is 56.3 Å². The number of benzene rings is 1. The summed E-state index contributed by atoms with van der Waals surface area (Å²) in [6.45, 7) is 2.30. The van der Waals surface area contributed by atoms with E-state index in [0.29, 0.717) is 45.7 Å². The first-order valence-corrected chi connectivity index (χ1v) is 10.2. The molecule has 5 rings (SSSR count). The van der Waals surface area contributed by atoms with E-state index in [4.69, 9.17) is 16.1 Å². The summed E-state index contributed by atoms with van der Waals surface area (Å²) in [6, 6.07) is 10.8. The van der Waals surface area contributed by atoms with E-state index in [2.05, 4.69) is 30.0 Å². The predicted octanol–water partition coefficient (Wildman–Crippen LogP) is 3.40. The van der Waals surface area contributed by atoms with Crippen LogP contribution >= 0.6 is 11.6 Å². The minimum atomic E-state index is -0.166. The number of nitrogens with zero attached hydrogens (tertiary/aromatic N) is 5. The van der Waals surface area contributed by atoms with E-state index in [1.54, 1.807) is 24.4 Å². The fraction of sp³-hybridized carbons (Fsp3) is 0.286. The third-order valence-electron chi connectivity index (χ3n) is 5.36. The topological polar surface area (TPSA) is 101 Å². The van der Waals surface area contributed by atoms with Crippen molar-refractivity contribution in [1.82, 2.24) is 30.0 Å². The van der Waals surface area contributed by atoms with Crippen LogP contribution in [0.4, 0.5) is 0 Å². The van der Waals surface area contributed by atoms with E-state index in [1.165, 1.54) is 0 Å². The Balaban J connectivity index is 1.25. The molecule has 152 valence electrons. The third kappa shape index (κ3) is 3.83. The smallest absolute Gasteiger partial charge is 0.258 e. The van der Waals surface area contributed by atoms with Crippen molar-refractivity contribution in [2.24, 2.45) is 0 Å². The maximum atomic E-state index is 12.3. The van der Waals surface area contributed by atoms with Crippen LogP contribution in [0.25, 0.3) is 22.4 Å². The number of pyridine rings is 1. The zero-order chi connectivity index (χ0) is 20.5. The molecule has 4 aromatic rings. The second kappa shape index (κ2) is 7.97. The number of piperidine rings is 1. The number of aromatic nitrogens is 5. The number of hydrogen-bond donors (Lipinski definition) is 1. The van der Waals surface area contributed by atoms with E-state index in [1.807, 2.05) is 18.2 Å². The van der Waals surface area contributed by atoms with Crippen molar-refractivity contribution in [3.05, 3.63) is 69.7 Å². The van der Waals surface area contributed by atoms with Gasteiger partial charge in [-0.25, -0.2) is 4.98 Å². The zero-order valence-electron chi connectivity index (χ0n) is 16.1. The number of nitrogens with one attached hydrogen (secondary N) is 1. The Morgan fingerprint density at radius 3 is 2.83 bits per heavy atom. The molecule has 3 aromatic heterocycles. The number of hydrogen-bond acceptors (Lipinski definition) is 7. The minimum Gasteiger partial charge on any atom is -0.339 e. The molecule has 9 heteroatoms. The van der Waals surface area contributed by atoms with Crippen molar-refractivity contribution >= 4 is 22.5 Å². The highest BCUT2D eigenvalue weighted by molar-refractivity contribution is 6.31. The molecular formula is C21H19ClN6O2. The number of aromatic amines is 1. The van der Waals surface area contributed by atoms with Crippen molar-refractivity contribution in [2.45, 2.75) is 25.3 Å². The van der Waals surface area contributed by atoms with E-state index in [-0.39, 0.29) is 11.5 Å². The van der Waals surface area contributed by atoms with Crippen LogP contribution < -0.4 is 5.56 Å². The van der Waals surface area contributed by atoms with Gasteiger partial charge < -0.3 is 9.51 Å². The first kappa shape index (κ1) is 18.9. The summed E-state index contributed by atoms with van der Waals surface area (Å²) >= 11 is 5.98. The van der Waals surface area contributed by atoms with Crippen LogP contribution in [0.15, 0.2) is 51.9 Å². The number of fused-ring (bicyclic) bond motifs is 1. The molecule has 1 N–H and O–H groups in total. The lowest BCUT2D eigenvalue weighted by Gasteiger charge is -2.29. The molecule has 0 aliphatic carbocycles. The molecule has 1 fully saturated rings. The van der Waals surface area contributed by atoms with Crippen molar-refractivity contribution < 1.29 is 4.52 Å². The van der Waals surface area contributed by atoms with Crippen LogP contribution in [0.1, 0.15) is 30.5 Å². The molecule has 1 saturated heterocycles. The van der Waals surface area contributed by atoms with Crippen LogP contribution in [0, 0.1) is 0 Å². The van der Waals surface area contributed by atoms with Gasteiger partial charge in [-0.2, -0.15) is 4.98 Å². The second-order valence-corrected chi connectivity index (χ2v) is 7.83. The van der Waals surface area contributed by atoms with Crippen molar-refractivity contribution in [3.8, 4) is 11.5 Å². The molecule has 8 nitrogen and oxygen atoms in total. The maximum absolute atomic E-state index is 12.3. The molecule has 0 unspecified atom stereocenters. The summed E-state index contributed by atoms with van der Waals surface area (Å²) in [7, 11) is 0. The lowest BCUT2D eigenvalue weighted by Crippen LogP contribution is -2.33. The maximum Gasteiger partial charge on any atom is 0.258 e. The third-order valence-corrected chi connectivity index (χ3v) is 5.60. The van der Waals surface area contributed by atoms with Crippen LogP contribution in [-0.2, 0) is 6.54 Å². The molecule has 0 spiro atoms. The van der Waals surface area contributed by atoms with E-state index < -0.39 is 0 Å². The van der Waals surface area contributed by atoms with Crippen LogP contribution in [-0.4, -0.2) is 43.1 Å². The molecule has 0 radical (unpaired) electrons. The highest BCUT2D eigenvalue weighted by Gasteiger charge is 2.26. The summed E-state index contributed by atoms with van der Waals surface area (Å²) in [4.78, 5) is 30.9. The quantitative estimate of drug-likeness (QED) is 0.537. The van der Waals surface area contributed by atoms with Gasteiger partial charge in [0.2, 0.25) is 11.7 Å². The van der Waals surface area contributed by atoms with Gasteiger partial charge in [-0.15, -0.1) is 0 Å². The first-order valence-electron chi connectivity index (χ1n) is 9.81. The summed E-state index contributed by atoms with van der Waals surface area (Å²) in [5, 5.41) is 5.10. The van der Waals surface area contributed by atoms with Crippen LogP contribution in [0.2, 0.25) is 5.02 Å². The van der Waals surface area contributed by atoms with Crippen molar-refractivity contribution in [2.75, 3.05) is 13.1 Å². The number of H-pyrrole nitrogens is 1. The van der Waals surface area contributed by atoms with E-state index in [9.17, 15) is 4.79 Å². The van der Waals surface area contributed by atoms with Gasteiger partial charge >= 0.3 is 0 Å². The van der Waals surface area contributed by atoms with Gasteiger partial charge in [0, 0.05) is 17.1 Å². The fourth-order valence-corrected chi connectivity index (χ4v) is 3.96. The van der Waals surface area contributed by atoms with E-state index in [0.717, 1.165) is 25.9 Å². The van der Waals surface area contributed by atoms with E-state index >= 15 is 0 Å². The first-order chi connectivity index (χ1) is 14.7. The average molecular weight is 423 g/mol. The Morgan fingerprint density at radius 2 is 2.03 bits per heavy atom. The molecule has 0 bridgehead atoms. The lowest BCUT2D eigenvalue weighted by molar-refractivity contribution is 0.184. The summed E-state index contributed by atoms with van der Waals surface area (Å²) < 4.78 is 5.50. The number of rotatable bonds is 4. The Bertz CT molecular complexity index is 1230. The summed E-state index contributed by atoms with van der Waals surface area (Å²) in [6.07, 6.45) is 3.51. The standard InChI is InChI=1S/C21H19ClN6O2/c22-14-4-5-16-15(11-14)20(29)25-18(24-16)12-28-9-6-13(7-10-28)21-26-19(27-30-21)17-3-1-2-8-23-17/h1-5,8,11,13H,6-7,9-10,12H2,(H,24,25,29). The molecule has 0 saturated carbocycles. The molecular weight excluding hydrogens is 404 g/mol. The molecule has 0 atom stereocenters. The Kier molecular flexibility index (Phi) is 5.02. The summed E-state index contributed by atoms with van der Waals surface area (Å²) in [5.74, 6) is 2.05. The number of likely N-dealkylation sites (tertiary alicyclic amines) is 1. The Morgan fingerprint density at radius 1 is 1.17 bits per heavy atom. The highest BCUT2D eigenvalue weighted by atomic mass is 35.5. The van der Waals surface area contributed by atoms with Crippen LogP contribution in [0.5, 0.6) is 0 Å². The van der Waals surface area contributed by atoms with Gasteiger partial charge in [0.25, 0.3) is 5.56 Å². The fourth-order valence-electron chi connectivity index (χ4n) is 3.78. The van der Waals surface area contributed by atoms with Crippen molar-refractivity contribution in [1.29, 1.82) is 0 Å². The normalized spacial score (nSPS) is 15.6. The SMILES string of the molecule is O=c1[nH]c(CN2CCC(c3nc(-c4ccccn4)no3)CC2)nc2ccc(Cl)cc12. The highest BCUT2D eigenvalue weighted by Crippen LogP contribution is 2.28. The summed E-state index contributed by atoms with van der Waals surface area (Å²) in [5.41, 5.74) is 1.19. The largest absolute Gasteiger partial charge is 0.339 e. The van der Waals surface area contributed by atoms with Crippen molar-refractivity contribution in [3.63, 3.8) is 0 Å². The minimum absolute atomic E-state index is 0.166. The van der Waals surface area contributed by atoms with Gasteiger partial charge in [-0.1, -0.05) is 22.8 Å². The van der Waals surface area contributed by atoms with Gasteiger partial charge in [0.15, 0.2) is 0 Å². The Hall–Kier alpha value is -3.10. The average Bonchev–Trinajstić information content (AvgIpc) is 3.26. The van der Waals surface area contributed by atoms with Gasteiger partial charge in [0.05, 0.1) is 17.4 Å². The van der Waals surface area contributed by atoms with Gasteiger partial charge in [0.1, 0.15) is 11.5 Å².